The second-order valence-electron chi connectivity index (χ2n) is 4.97. The van der Waals surface area contributed by atoms with Gasteiger partial charge < -0.3 is 15.7 Å². The van der Waals surface area contributed by atoms with E-state index >= 15 is 0 Å². The summed E-state index contributed by atoms with van der Waals surface area (Å²) in [6, 6.07) is 1.72. The number of rotatable bonds is 9. The maximum Gasteiger partial charge on any atom is 0.315 e. The molecule has 0 radical (unpaired) electrons. The number of carbonyl (C=O) groups excluding carboxylic acids is 1. The largest absolute Gasteiger partial charge is 0.481 e. The van der Waals surface area contributed by atoms with Gasteiger partial charge in [-0.25, -0.2) is 4.79 Å². The van der Waals surface area contributed by atoms with Crippen LogP contribution >= 0.6 is 0 Å². The molecule has 1 rings (SSSR count). The molecule has 0 aromatic carbocycles. The van der Waals surface area contributed by atoms with Crippen molar-refractivity contribution in [1.82, 2.24) is 15.6 Å². The number of aryl methyl sites for hydroxylation is 1. The van der Waals surface area contributed by atoms with E-state index in [-0.39, 0.29) is 12.5 Å². The fourth-order valence-corrected chi connectivity index (χ4v) is 1.88. The third kappa shape index (κ3) is 7.91. The van der Waals surface area contributed by atoms with Gasteiger partial charge in [-0.05, 0) is 37.0 Å². The van der Waals surface area contributed by atoms with Crippen LogP contribution in [0, 0.1) is 6.92 Å². The summed E-state index contributed by atoms with van der Waals surface area (Å²) in [7, 11) is 0. The Morgan fingerprint density at radius 3 is 2.67 bits per heavy atom. The van der Waals surface area contributed by atoms with E-state index in [0.717, 1.165) is 30.4 Å². The number of urea groups is 1. The molecule has 0 saturated carbocycles. The highest BCUT2D eigenvalue weighted by Gasteiger charge is 2.02. The van der Waals surface area contributed by atoms with E-state index in [1.165, 1.54) is 0 Å². The third-order valence-corrected chi connectivity index (χ3v) is 3.19. The van der Waals surface area contributed by atoms with E-state index in [9.17, 15) is 9.59 Å². The molecule has 21 heavy (non-hydrogen) atoms. The van der Waals surface area contributed by atoms with E-state index < -0.39 is 5.97 Å². The molecule has 0 saturated heterocycles. The third-order valence-electron chi connectivity index (χ3n) is 3.19. The monoisotopic (exact) mass is 293 g/mol. The number of amides is 2. The van der Waals surface area contributed by atoms with E-state index in [2.05, 4.69) is 15.6 Å². The lowest BCUT2D eigenvalue weighted by molar-refractivity contribution is -0.137. The zero-order chi connectivity index (χ0) is 15.5. The molecular weight excluding hydrogens is 270 g/mol. The molecule has 0 aliphatic carbocycles. The van der Waals surface area contributed by atoms with Crippen molar-refractivity contribution in [2.75, 3.05) is 6.54 Å². The average molecular weight is 293 g/mol. The van der Waals surface area contributed by atoms with E-state index in [1.54, 1.807) is 12.4 Å². The lowest BCUT2D eigenvalue weighted by Gasteiger charge is -2.09. The van der Waals surface area contributed by atoms with Gasteiger partial charge in [-0.2, -0.15) is 0 Å². The topological polar surface area (TPSA) is 91.3 Å². The molecule has 0 aliphatic heterocycles. The molecule has 0 atom stereocenters. The van der Waals surface area contributed by atoms with Crippen LogP contribution in [0.25, 0.3) is 0 Å². The number of aromatic nitrogens is 1. The van der Waals surface area contributed by atoms with E-state index in [1.807, 2.05) is 13.0 Å². The zero-order valence-electron chi connectivity index (χ0n) is 12.4. The Kier molecular flexibility index (Phi) is 7.86. The van der Waals surface area contributed by atoms with Crippen LogP contribution in [0.4, 0.5) is 4.79 Å². The van der Waals surface area contributed by atoms with Gasteiger partial charge in [0.05, 0.1) is 0 Å². The van der Waals surface area contributed by atoms with Crippen molar-refractivity contribution < 1.29 is 14.7 Å². The molecule has 116 valence electrons. The number of nitrogens with zero attached hydrogens (tertiary/aromatic N) is 1. The SMILES string of the molecule is Cc1ccncc1CNC(=O)NCCCCCCC(=O)O. The quantitative estimate of drug-likeness (QED) is 0.609. The second kappa shape index (κ2) is 9.74. The summed E-state index contributed by atoms with van der Waals surface area (Å²) < 4.78 is 0. The number of hydrogen-bond acceptors (Lipinski definition) is 3. The van der Waals surface area contributed by atoms with Gasteiger partial charge in [-0.1, -0.05) is 12.8 Å². The lowest BCUT2D eigenvalue weighted by atomic mass is 10.1. The minimum Gasteiger partial charge on any atom is -0.481 e. The van der Waals surface area contributed by atoms with Crippen molar-refractivity contribution in [1.29, 1.82) is 0 Å². The number of carboxylic acid groups (broad SMARTS) is 1. The van der Waals surface area contributed by atoms with Crippen molar-refractivity contribution in [3.05, 3.63) is 29.6 Å². The number of nitrogens with one attached hydrogen (secondary N) is 2. The fraction of sp³-hybridized carbons (Fsp3) is 0.533. The maximum atomic E-state index is 11.6. The summed E-state index contributed by atoms with van der Waals surface area (Å²) in [5, 5.41) is 14.1. The van der Waals surface area contributed by atoms with Crippen LogP contribution in [0.2, 0.25) is 0 Å². The predicted octanol–water partition coefficient (Wildman–Crippen LogP) is 2.22. The Balaban J connectivity index is 2.04. The highest BCUT2D eigenvalue weighted by Crippen LogP contribution is 2.04. The second-order valence-corrected chi connectivity index (χ2v) is 4.97. The van der Waals surface area contributed by atoms with Gasteiger partial charge in [0.25, 0.3) is 0 Å². The van der Waals surface area contributed by atoms with Gasteiger partial charge in [-0.3, -0.25) is 9.78 Å². The Morgan fingerprint density at radius 2 is 1.95 bits per heavy atom. The molecule has 6 nitrogen and oxygen atoms in total. The molecule has 0 fully saturated rings. The number of pyridine rings is 1. The van der Waals surface area contributed by atoms with Crippen LogP contribution < -0.4 is 10.6 Å². The normalized spacial score (nSPS) is 10.1. The smallest absolute Gasteiger partial charge is 0.315 e. The van der Waals surface area contributed by atoms with Gasteiger partial charge in [0.15, 0.2) is 0 Å². The van der Waals surface area contributed by atoms with Crippen molar-refractivity contribution >= 4 is 12.0 Å². The van der Waals surface area contributed by atoms with Gasteiger partial charge in [-0.15, -0.1) is 0 Å². The van der Waals surface area contributed by atoms with Crippen LogP contribution in [0.3, 0.4) is 0 Å². The Morgan fingerprint density at radius 1 is 1.19 bits per heavy atom. The molecule has 2 amide bonds. The first-order chi connectivity index (χ1) is 10.1. The van der Waals surface area contributed by atoms with Gasteiger partial charge >= 0.3 is 12.0 Å². The average Bonchev–Trinajstić information content (AvgIpc) is 2.45. The standard InChI is InChI=1S/C15H23N3O3/c1-12-7-9-16-10-13(12)11-18-15(21)17-8-5-3-2-4-6-14(19)20/h7,9-10H,2-6,8,11H2,1H3,(H,19,20)(H2,17,18,21). The number of hydrogen-bond donors (Lipinski definition) is 3. The fourth-order valence-electron chi connectivity index (χ4n) is 1.88. The lowest BCUT2D eigenvalue weighted by Crippen LogP contribution is -2.35. The molecule has 0 unspecified atom stereocenters. The minimum absolute atomic E-state index is 0.191. The molecule has 1 aromatic rings. The zero-order valence-corrected chi connectivity index (χ0v) is 12.4. The van der Waals surface area contributed by atoms with Gasteiger partial charge in [0.1, 0.15) is 0 Å². The van der Waals surface area contributed by atoms with Crippen molar-refractivity contribution in [2.45, 2.75) is 45.6 Å². The van der Waals surface area contributed by atoms with E-state index in [4.69, 9.17) is 5.11 Å². The summed E-state index contributed by atoms with van der Waals surface area (Å²) in [5.41, 5.74) is 2.10. The Hall–Kier alpha value is -2.11. The molecule has 0 aliphatic rings. The van der Waals surface area contributed by atoms with Gasteiger partial charge in [0.2, 0.25) is 0 Å². The molecule has 1 heterocycles. The van der Waals surface area contributed by atoms with Crippen LogP contribution in [0.5, 0.6) is 0 Å². The van der Waals surface area contributed by atoms with Gasteiger partial charge in [0, 0.05) is 31.9 Å². The number of aliphatic carboxylic acids is 1. The Bertz CT molecular complexity index is 463. The molecule has 0 spiro atoms. The molecule has 1 aromatic heterocycles. The van der Waals surface area contributed by atoms with Crippen molar-refractivity contribution in [2.24, 2.45) is 0 Å². The minimum atomic E-state index is -0.752. The van der Waals surface area contributed by atoms with Crippen LogP contribution in [-0.4, -0.2) is 28.6 Å². The van der Waals surface area contributed by atoms with Crippen LogP contribution in [-0.2, 0) is 11.3 Å². The summed E-state index contributed by atoms with van der Waals surface area (Å²) in [6.45, 7) is 3.04. The molecule has 6 heteroatoms. The molecule has 0 bridgehead atoms. The highest BCUT2D eigenvalue weighted by atomic mass is 16.4. The predicted molar refractivity (Wildman–Crippen MR) is 79.9 cm³/mol. The number of unbranched alkanes of at least 4 members (excludes halogenated alkanes) is 3. The first-order valence-corrected chi connectivity index (χ1v) is 7.22. The van der Waals surface area contributed by atoms with Crippen LogP contribution in [0.1, 0.15) is 43.2 Å². The summed E-state index contributed by atoms with van der Waals surface area (Å²) in [5.74, 6) is -0.752. The first kappa shape index (κ1) is 16.9. The highest BCUT2D eigenvalue weighted by molar-refractivity contribution is 5.73. The summed E-state index contributed by atoms with van der Waals surface area (Å²) >= 11 is 0. The summed E-state index contributed by atoms with van der Waals surface area (Å²) in [6.07, 6.45) is 7.06. The van der Waals surface area contributed by atoms with Crippen molar-refractivity contribution in [3.63, 3.8) is 0 Å². The molecule has 3 N–H and O–H groups in total. The summed E-state index contributed by atoms with van der Waals surface area (Å²) in [4.78, 5) is 25.9. The Labute approximate surface area is 125 Å². The van der Waals surface area contributed by atoms with Crippen molar-refractivity contribution in [3.8, 4) is 0 Å². The first-order valence-electron chi connectivity index (χ1n) is 7.22. The van der Waals surface area contributed by atoms with Crippen LogP contribution in [0.15, 0.2) is 18.5 Å². The maximum absolute atomic E-state index is 11.6. The number of carboxylic acids is 1. The number of carbonyl (C=O) groups is 2. The van der Waals surface area contributed by atoms with E-state index in [0.29, 0.717) is 19.5 Å². The molecular formula is C15H23N3O3.